The number of benzene rings is 2. The van der Waals surface area contributed by atoms with E-state index in [1.54, 1.807) is 31.4 Å². The van der Waals surface area contributed by atoms with Gasteiger partial charge in [0.1, 0.15) is 11.5 Å². The minimum Gasteiger partial charge on any atom is -0.497 e. The van der Waals surface area contributed by atoms with E-state index in [1.165, 1.54) is 11.1 Å². The van der Waals surface area contributed by atoms with E-state index in [0.717, 1.165) is 24.3 Å². The molecule has 1 amide bonds. The molecule has 0 radical (unpaired) electrons. The Morgan fingerprint density at radius 1 is 1.04 bits per heavy atom. The van der Waals surface area contributed by atoms with Gasteiger partial charge in [-0.1, -0.05) is 24.3 Å². The average Bonchev–Trinajstić information content (AvgIpc) is 3.01. The topological polar surface area (TPSA) is 59.9 Å². The summed E-state index contributed by atoms with van der Waals surface area (Å²) in [5.74, 6) is 1.08. The Morgan fingerprint density at radius 2 is 1.65 bits per heavy atom. The molecule has 1 N–H and O–H groups in total. The highest BCUT2D eigenvalue weighted by Crippen LogP contribution is 2.19. The fraction of sp³-hybridized carbons (Fsp3) is 0.222. The van der Waals surface area contributed by atoms with Gasteiger partial charge in [0.2, 0.25) is 0 Å². The molecule has 0 heterocycles. The van der Waals surface area contributed by atoms with Gasteiger partial charge in [-0.25, -0.2) is 5.43 Å². The van der Waals surface area contributed by atoms with Gasteiger partial charge >= 0.3 is 0 Å². The van der Waals surface area contributed by atoms with Crippen molar-refractivity contribution in [1.82, 2.24) is 5.43 Å². The Labute approximate surface area is 134 Å². The normalized spacial score (nSPS) is 12.5. The van der Waals surface area contributed by atoms with Gasteiger partial charge in [-0.2, -0.15) is 5.10 Å². The van der Waals surface area contributed by atoms with Crippen LogP contribution < -0.4 is 14.9 Å². The van der Waals surface area contributed by atoms with Gasteiger partial charge in [-0.15, -0.1) is 0 Å². The molecule has 0 fully saturated rings. The summed E-state index contributed by atoms with van der Waals surface area (Å²) < 4.78 is 10.5. The Bertz CT molecular complexity index is 696. The number of amides is 1. The molecular formula is C18H18N2O3. The van der Waals surface area contributed by atoms with Crippen LogP contribution in [0.4, 0.5) is 0 Å². The van der Waals surface area contributed by atoms with E-state index in [0.29, 0.717) is 5.75 Å². The van der Waals surface area contributed by atoms with Gasteiger partial charge in [0, 0.05) is 18.6 Å². The van der Waals surface area contributed by atoms with E-state index in [9.17, 15) is 4.79 Å². The highest BCUT2D eigenvalue weighted by molar-refractivity contribution is 5.93. The quantitative estimate of drug-likeness (QED) is 0.862. The summed E-state index contributed by atoms with van der Waals surface area (Å²) in [6.45, 7) is -0.0734. The van der Waals surface area contributed by atoms with Crippen molar-refractivity contribution in [1.29, 1.82) is 0 Å². The molecule has 0 aromatic heterocycles. The van der Waals surface area contributed by atoms with E-state index in [-0.39, 0.29) is 12.5 Å². The van der Waals surface area contributed by atoms with Crippen LogP contribution in [-0.4, -0.2) is 25.3 Å². The first-order valence-electron chi connectivity index (χ1n) is 7.42. The lowest BCUT2D eigenvalue weighted by Crippen LogP contribution is -2.26. The van der Waals surface area contributed by atoms with Crippen LogP contribution in [0.1, 0.15) is 11.1 Å². The predicted octanol–water partition coefficient (Wildman–Crippen LogP) is 2.35. The first-order chi connectivity index (χ1) is 11.2. The van der Waals surface area contributed by atoms with E-state index in [4.69, 9.17) is 9.47 Å². The molecule has 0 saturated carbocycles. The molecule has 118 valence electrons. The summed E-state index contributed by atoms with van der Waals surface area (Å²) in [6, 6.07) is 15.3. The molecule has 1 aliphatic rings. The van der Waals surface area contributed by atoms with Crippen molar-refractivity contribution in [2.24, 2.45) is 5.10 Å². The molecule has 5 nitrogen and oxygen atoms in total. The zero-order valence-electron chi connectivity index (χ0n) is 12.9. The number of carbonyl (C=O) groups is 1. The number of ether oxygens (including phenoxy) is 2. The van der Waals surface area contributed by atoms with Crippen molar-refractivity contribution in [3.05, 3.63) is 59.7 Å². The molecule has 0 aliphatic heterocycles. The second-order valence-corrected chi connectivity index (χ2v) is 5.30. The van der Waals surface area contributed by atoms with Crippen LogP contribution in [-0.2, 0) is 17.6 Å². The zero-order valence-corrected chi connectivity index (χ0v) is 12.9. The molecule has 23 heavy (non-hydrogen) atoms. The van der Waals surface area contributed by atoms with Crippen molar-refractivity contribution >= 4 is 11.6 Å². The molecular weight excluding hydrogens is 292 g/mol. The Kier molecular flexibility index (Phi) is 4.57. The third kappa shape index (κ3) is 3.88. The van der Waals surface area contributed by atoms with Crippen molar-refractivity contribution in [2.45, 2.75) is 12.8 Å². The zero-order chi connectivity index (χ0) is 16.1. The molecule has 0 spiro atoms. The van der Waals surface area contributed by atoms with Crippen LogP contribution >= 0.6 is 0 Å². The largest absolute Gasteiger partial charge is 0.497 e. The van der Waals surface area contributed by atoms with Crippen LogP contribution in [0.15, 0.2) is 53.6 Å². The monoisotopic (exact) mass is 310 g/mol. The number of hydrazone groups is 1. The Morgan fingerprint density at radius 3 is 2.26 bits per heavy atom. The van der Waals surface area contributed by atoms with Crippen molar-refractivity contribution in [3.63, 3.8) is 0 Å². The number of nitrogens with one attached hydrogen (secondary N) is 1. The van der Waals surface area contributed by atoms with Crippen LogP contribution in [0.3, 0.4) is 0 Å². The summed E-state index contributed by atoms with van der Waals surface area (Å²) in [4.78, 5) is 11.8. The van der Waals surface area contributed by atoms with Crippen molar-refractivity contribution in [2.75, 3.05) is 13.7 Å². The molecule has 5 heteroatoms. The average molecular weight is 310 g/mol. The maximum Gasteiger partial charge on any atom is 0.277 e. The molecule has 0 unspecified atom stereocenters. The minimum absolute atomic E-state index is 0.0734. The smallest absolute Gasteiger partial charge is 0.277 e. The van der Waals surface area contributed by atoms with E-state index in [1.807, 2.05) is 12.1 Å². The fourth-order valence-corrected chi connectivity index (χ4v) is 2.48. The predicted molar refractivity (Wildman–Crippen MR) is 87.9 cm³/mol. The van der Waals surface area contributed by atoms with Crippen LogP contribution in [0, 0.1) is 0 Å². The fourth-order valence-electron chi connectivity index (χ4n) is 2.48. The highest BCUT2D eigenvalue weighted by atomic mass is 16.5. The summed E-state index contributed by atoms with van der Waals surface area (Å²) >= 11 is 0. The summed E-state index contributed by atoms with van der Waals surface area (Å²) in [6.07, 6.45) is 1.57. The van der Waals surface area contributed by atoms with Crippen LogP contribution in [0.2, 0.25) is 0 Å². The van der Waals surface area contributed by atoms with Gasteiger partial charge in [0.05, 0.1) is 7.11 Å². The van der Waals surface area contributed by atoms with E-state index < -0.39 is 0 Å². The van der Waals surface area contributed by atoms with Crippen molar-refractivity contribution < 1.29 is 14.3 Å². The first-order valence-corrected chi connectivity index (χ1v) is 7.42. The molecule has 2 aromatic carbocycles. The third-order valence-corrected chi connectivity index (χ3v) is 3.68. The lowest BCUT2D eigenvalue weighted by molar-refractivity contribution is -0.123. The lowest BCUT2D eigenvalue weighted by Gasteiger charge is -2.06. The van der Waals surface area contributed by atoms with Crippen LogP contribution in [0.25, 0.3) is 0 Å². The van der Waals surface area contributed by atoms with Gasteiger partial charge in [-0.05, 0) is 35.4 Å². The van der Waals surface area contributed by atoms with Gasteiger partial charge in [0.15, 0.2) is 6.61 Å². The van der Waals surface area contributed by atoms with Gasteiger partial charge < -0.3 is 9.47 Å². The number of hydrogen-bond donors (Lipinski definition) is 1. The molecule has 0 saturated heterocycles. The lowest BCUT2D eigenvalue weighted by atomic mass is 10.1. The second kappa shape index (κ2) is 6.96. The molecule has 0 atom stereocenters. The number of hydrogen-bond acceptors (Lipinski definition) is 4. The van der Waals surface area contributed by atoms with E-state index in [2.05, 4.69) is 22.7 Å². The standard InChI is InChI=1S/C18H18N2O3/c1-22-16-6-8-17(9-7-16)23-12-18(21)20-19-15-10-13-4-2-3-5-14(13)11-15/h2-9H,10-12H2,1H3,(H,20,21). The molecule has 1 aliphatic carbocycles. The SMILES string of the molecule is COc1ccc(OCC(=O)NN=C2Cc3ccccc3C2)cc1. The maximum absolute atomic E-state index is 11.8. The molecule has 3 rings (SSSR count). The summed E-state index contributed by atoms with van der Waals surface area (Å²) in [7, 11) is 1.60. The number of rotatable bonds is 5. The third-order valence-electron chi connectivity index (χ3n) is 3.68. The Hall–Kier alpha value is -2.82. The number of nitrogens with zero attached hydrogens (tertiary/aromatic N) is 1. The van der Waals surface area contributed by atoms with Gasteiger partial charge in [-0.3, -0.25) is 4.79 Å². The summed E-state index contributed by atoms with van der Waals surface area (Å²) in [5.41, 5.74) is 6.06. The number of fused-ring (bicyclic) bond motifs is 1. The molecule has 0 bridgehead atoms. The van der Waals surface area contributed by atoms with Gasteiger partial charge in [0.25, 0.3) is 5.91 Å². The summed E-state index contributed by atoms with van der Waals surface area (Å²) in [5, 5.41) is 4.19. The highest BCUT2D eigenvalue weighted by Gasteiger charge is 2.16. The second-order valence-electron chi connectivity index (χ2n) is 5.30. The minimum atomic E-state index is -0.274. The maximum atomic E-state index is 11.8. The Balaban J connectivity index is 1.47. The van der Waals surface area contributed by atoms with Crippen LogP contribution in [0.5, 0.6) is 11.5 Å². The molecule has 2 aromatic rings. The van der Waals surface area contributed by atoms with E-state index >= 15 is 0 Å². The van der Waals surface area contributed by atoms with Crippen molar-refractivity contribution in [3.8, 4) is 11.5 Å². The first kappa shape index (κ1) is 15.1. The number of carbonyl (C=O) groups excluding carboxylic acids is 1. The number of methoxy groups -OCH3 is 1.